The molecular weight excluding hydrogens is 350 g/mol. The summed E-state index contributed by atoms with van der Waals surface area (Å²) in [6, 6.07) is 6.57. The summed E-state index contributed by atoms with van der Waals surface area (Å²) < 4.78 is 14.6. The number of hydrogen-bond acceptors (Lipinski definition) is 6. The van der Waals surface area contributed by atoms with Crippen molar-refractivity contribution in [3.8, 4) is 0 Å². The second kappa shape index (κ2) is 9.14. The fraction of sp³-hybridized carbons (Fsp3) is 0.350. The molecule has 0 aromatic heterocycles. The molecule has 0 atom stereocenters. The van der Waals surface area contributed by atoms with Gasteiger partial charge in [0.15, 0.2) is 0 Å². The summed E-state index contributed by atoms with van der Waals surface area (Å²) >= 11 is 0. The number of benzene rings is 1. The van der Waals surface area contributed by atoms with Crippen molar-refractivity contribution in [3.05, 3.63) is 52.2 Å². The van der Waals surface area contributed by atoms with Gasteiger partial charge in [-0.3, -0.25) is 4.79 Å². The molecule has 0 aliphatic carbocycles. The first-order valence-electron chi connectivity index (χ1n) is 8.45. The van der Waals surface area contributed by atoms with Crippen LogP contribution < -0.4 is 0 Å². The first kappa shape index (κ1) is 20.4. The van der Waals surface area contributed by atoms with Gasteiger partial charge in [-0.1, -0.05) is 12.1 Å². The van der Waals surface area contributed by atoms with Crippen LogP contribution in [0.2, 0.25) is 0 Å². The van der Waals surface area contributed by atoms with E-state index >= 15 is 0 Å². The molecule has 0 saturated carbocycles. The first-order valence-corrected chi connectivity index (χ1v) is 8.45. The predicted molar refractivity (Wildman–Crippen MR) is 98.7 cm³/mol. The topological polar surface area (TPSA) is 82.1 Å². The molecule has 1 amide bonds. The Balaban J connectivity index is 2.37. The Hall–Kier alpha value is -2.93. The van der Waals surface area contributed by atoms with Gasteiger partial charge in [0.1, 0.15) is 0 Å². The number of esters is 2. The second-order valence-corrected chi connectivity index (χ2v) is 5.93. The maximum absolute atomic E-state index is 12.9. The highest BCUT2D eigenvalue weighted by Gasteiger charge is 2.36. The van der Waals surface area contributed by atoms with Crippen LogP contribution in [0.1, 0.15) is 29.3 Å². The van der Waals surface area contributed by atoms with Gasteiger partial charge in [-0.15, -0.1) is 0 Å². The standard InChI is InChI=1S/C20H23NO6/c1-13-17(20(24)27-4)16(18(22)21(13)10-5-11-25-2)12-14-6-8-15(9-7-14)19(23)26-3/h6-9,12H,5,10-11H2,1-4H3/b16-12-. The molecule has 0 fully saturated rings. The quantitative estimate of drug-likeness (QED) is 0.414. The number of nitrogens with zero attached hydrogens (tertiary/aromatic N) is 1. The summed E-state index contributed by atoms with van der Waals surface area (Å²) in [7, 11) is 4.19. The van der Waals surface area contributed by atoms with Gasteiger partial charge in [0.25, 0.3) is 5.91 Å². The lowest BCUT2D eigenvalue weighted by Gasteiger charge is -2.17. The predicted octanol–water partition coefficient (Wildman–Crippen LogP) is 2.18. The Morgan fingerprint density at radius 2 is 1.67 bits per heavy atom. The minimum absolute atomic E-state index is 0.247. The molecule has 0 N–H and O–H groups in total. The third-order valence-electron chi connectivity index (χ3n) is 4.27. The van der Waals surface area contributed by atoms with Crippen molar-refractivity contribution in [1.29, 1.82) is 0 Å². The third kappa shape index (κ3) is 4.43. The van der Waals surface area contributed by atoms with Gasteiger partial charge in [-0.25, -0.2) is 9.59 Å². The zero-order valence-electron chi connectivity index (χ0n) is 15.9. The summed E-state index contributed by atoms with van der Waals surface area (Å²) in [5, 5.41) is 0. The molecule has 1 aliphatic rings. The van der Waals surface area contributed by atoms with E-state index < -0.39 is 11.9 Å². The van der Waals surface area contributed by atoms with Gasteiger partial charge >= 0.3 is 11.9 Å². The van der Waals surface area contributed by atoms with E-state index in [0.29, 0.717) is 36.4 Å². The third-order valence-corrected chi connectivity index (χ3v) is 4.27. The summed E-state index contributed by atoms with van der Waals surface area (Å²) in [6.45, 7) is 2.68. The van der Waals surface area contributed by atoms with Crippen molar-refractivity contribution in [1.82, 2.24) is 4.90 Å². The number of allylic oxidation sites excluding steroid dienone is 1. The Kier molecular flexibility index (Phi) is 6.90. The lowest BCUT2D eigenvalue weighted by atomic mass is 10.0. The highest BCUT2D eigenvalue weighted by atomic mass is 16.5. The SMILES string of the molecule is COCCCN1C(=O)/C(=C\c2ccc(C(=O)OC)cc2)C(C(=O)OC)=C1C. The Morgan fingerprint density at radius 1 is 1.04 bits per heavy atom. The zero-order chi connectivity index (χ0) is 20.0. The van der Waals surface area contributed by atoms with Crippen molar-refractivity contribution < 1.29 is 28.6 Å². The summed E-state index contributed by atoms with van der Waals surface area (Å²) in [5.74, 6) is -1.27. The molecule has 1 heterocycles. The maximum atomic E-state index is 12.9. The molecule has 0 radical (unpaired) electrons. The van der Waals surface area contributed by atoms with E-state index in [2.05, 4.69) is 4.74 Å². The number of rotatable bonds is 7. The van der Waals surface area contributed by atoms with Gasteiger partial charge in [0.05, 0.1) is 30.9 Å². The molecule has 1 aromatic carbocycles. The fourth-order valence-corrected chi connectivity index (χ4v) is 2.86. The number of amides is 1. The number of carbonyl (C=O) groups is 3. The average Bonchev–Trinajstić information content (AvgIpc) is 2.91. The molecule has 7 heteroatoms. The van der Waals surface area contributed by atoms with E-state index in [4.69, 9.17) is 9.47 Å². The molecule has 0 saturated heterocycles. The monoisotopic (exact) mass is 373 g/mol. The largest absolute Gasteiger partial charge is 0.465 e. The Bertz CT molecular complexity index is 791. The van der Waals surface area contributed by atoms with Gasteiger partial charge < -0.3 is 19.1 Å². The normalized spacial score (nSPS) is 15.5. The lowest BCUT2D eigenvalue weighted by Crippen LogP contribution is -2.26. The van der Waals surface area contributed by atoms with Gasteiger partial charge in [-0.2, -0.15) is 0 Å². The number of hydrogen-bond donors (Lipinski definition) is 0. The molecule has 144 valence electrons. The van der Waals surface area contributed by atoms with Crippen LogP contribution in [0, 0.1) is 0 Å². The highest BCUT2D eigenvalue weighted by Crippen LogP contribution is 2.31. The lowest BCUT2D eigenvalue weighted by molar-refractivity contribution is -0.136. The molecule has 1 aromatic rings. The average molecular weight is 373 g/mol. The maximum Gasteiger partial charge on any atom is 0.340 e. The van der Waals surface area contributed by atoms with E-state index in [-0.39, 0.29) is 17.1 Å². The minimum atomic E-state index is -0.562. The van der Waals surface area contributed by atoms with E-state index in [1.165, 1.54) is 14.2 Å². The molecule has 27 heavy (non-hydrogen) atoms. The van der Waals surface area contributed by atoms with E-state index in [9.17, 15) is 14.4 Å². The summed E-state index contributed by atoms with van der Waals surface area (Å²) in [5.41, 5.74) is 2.15. The van der Waals surface area contributed by atoms with Crippen LogP contribution in [-0.4, -0.2) is 57.2 Å². The fourth-order valence-electron chi connectivity index (χ4n) is 2.86. The van der Waals surface area contributed by atoms with Crippen molar-refractivity contribution in [2.75, 3.05) is 34.5 Å². The summed E-state index contributed by atoms with van der Waals surface area (Å²) in [6.07, 6.45) is 2.27. The van der Waals surface area contributed by atoms with Crippen molar-refractivity contribution in [2.24, 2.45) is 0 Å². The molecule has 0 unspecified atom stereocenters. The molecule has 1 aliphatic heterocycles. The Morgan fingerprint density at radius 3 is 2.22 bits per heavy atom. The van der Waals surface area contributed by atoms with Crippen LogP contribution in [-0.2, 0) is 23.8 Å². The number of methoxy groups -OCH3 is 3. The smallest absolute Gasteiger partial charge is 0.340 e. The van der Waals surface area contributed by atoms with Gasteiger partial charge in [0.2, 0.25) is 0 Å². The number of carbonyl (C=O) groups excluding carboxylic acids is 3. The molecular formula is C20H23NO6. The van der Waals surface area contributed by atoms with Gasteiger partial charge in [0, 0.05) is 26.0 Å². The Labute approximate surface area is 158 Å². The van der Waals surface area contributed by atoms with Crippen molar-refractivity contribution in [3.63, 3.8) is 0 Å². The van der Waals surface area contributed by atoms with E-state index in [1.807, 2.05) is 0 Å². The van der Waals surface area contributed by atoms with Crippen molar-refractivity contribution in [2.45, 2.75) is 13.3 Å². The second-order valence-electron chi connectivity index (χ2n) is 5.93. The van der Waals surface area contributed by atoms with Crippen LogP contribution in [0.25, 0.3) is 6.08 Å². The highest BCUT2D eigenvalue weighted by molar-refractivity contribution is 6.16. The minimum Gasteiger partial charge on any atom is -0.465 e. The van der Waals surface area contributed by atoms with Crippen LogP contribution in [0.3, 0.4) is 0 Å². The van der Waals surface area contributed by atoms with Crippen molar-refractivity contribution >= 4 is 23.9 Å². The molecule has 2 rings (SSSR count). The first-order chi connectivity index (χ1) is 12.9. The molecule has 0 bridgehead atoms. The van der Waals surface area contributed by atoms with Crippen LogP contribution in [0.5, 0.6) is 0 Å². The van der Waals surface area contributed by atoms with E-state index in [1.54, 1.807) is 49.3 Å². The molecule has 0 spiro atoms. The zero-order valence-corrected chi connectivity index (χ0v) is 15.9. The van der Waals surface area contributed by atoms with Crippen LogP contribution in [0.4, 0.5) is 0 Å². The van der Waals surface area contributed by atoms with E-state index in [0.717, 1.165) is 0 Å². The van der Waals surface area contributed by atoms with Crippen LogP contribution >= 0.6 is 0 Å². The molecule has 7 nitrogen and oxygen atoms in total. The number of ether oxygens (including phenoxy) is 3. The van der Waals surface area contributed by atoms with Gasteiger partial charge in [-0.05, 0) is 37.1 Å². The summed E-state index contributed by atoms with van der Waals surface area (Å²) in [4.78, 5) is 38.2. The van der Waals surface area contributed by atoms with Crippen LogP contribution in [0.15, 0.2) is 41.1 Å².